The van der Waals surface area contributed by atoms with E-state index in [-0.39, 0.29) is 17.1 Å². The van der Waals surface area contributed by atoms with Gasteiger partial charge in [-0.3, -0.25) is 0 Å². The molecule has 0 aromatic carbocycles. The maximum atomic E-state index is 12.9. The van der Waals surface area contributed by atoms with E-state index in [0.29, 0.717) is 0 Å². The number of aromatic nitrogens is 1. The minimum absolute atomic E-state index is 0.0797. The molecule has 0 unspecified atom stereocenters. The maximum absolute atomic E-state index is 12.9. The Hall–Kier alpha value is -0.810. The van der Waals surface area contributed by atoms with E-state index in [2.05, 4.69) is 4.98 Å². The summed E-state index contributed by atoms with van der Waals surface area (Å²) in [5, 5.41) is 8.78. The molecule has 0 saturated heterocycles. The monoisotopic (exact) mass is 225 g/mol. The van der Waals surface area contributed by atoms with Crippen LogP contribution in [0.25, 0.3) is 0 Å². The van der Waals surface area contributed by atoms with Gasteiger partial charge in [0.1, 0.15) is 0 Å². The highest BCUT2D eigenvalue weighted by atomic mass is 35.5. The summed E-state index contributed by atoms with van der Waals surface area (Å²) in [5.41, 5.74) is -0.615. The van der Waals surface area contributed by atoms with E-state index in [1.54, 1.807) is 0 Å². The quantitative estimate of drug-likeness (QED) is 0.633. The minimum Gasteiger partial charge on any atom is -0.392 e. The number of aliphatic hydroxyl groups excluding tert-OH is 1. The molecule has 0 fully saturated rings. The van der Waals surface area contributed by atoms with Crippen molar-refractivity contribution >= 4 is 11.6 Å². The Bertz CT molecular complexity index is 333. The molecule has 6 heteroatoms. The van der Waals surface area contributed by atoms with E-state index < -0.39 is 24.5 Å². The van der Waals surface area contributed by atoms with Gasteiger partial charge in [0.2, 0.25) is 5.95 Å². The first-order valence-corrected chi connectivity index (χ1v) is 4.26. The standard InChI is InChI=1S/C8H7ClF3NO/c9-2-6-4(3-14)1-5(7(10)11)8(12)13-6/h1,7,14H,2-3H2. The third kappa shape index (κ3) is 2.16. The van der Waals surface area contributed by atoms with Crippen molar-refractivity contribution in [3.05, 3.63) is 28.8 Å². The van der Waals surface area contributed by atoms with Crippen molar-refractivity contribution in [3.63, 3.8) is 0 Å². The predicted octanol–water partition coefficient (Wildman–Crippen LogP) is 2.39. The van der Waals surface area contributed by atoms with Crippen molar-refractivity contribution in [2.75, 3.05) is 0 Å². The first-order valence-electron chi connectivity index (χ1n) is 3.73. The molecule has 1 N–H and O–H groups in total. The van der Waals surface area contributed by atoms with Crippen LogP contribution in [-0.4, -0.2) is 10.1 Å². The lowest BCUT2D eigenvalue weighted by Crippen LogP contribution is -2.03. The van der Waals surface area contributed by atoms with Crippen molar-refractivity contribution in [1.29, 1.82) is 0 Å². The third-order valence-electron chi connectivity index (χ3n) is 1.70. The molecule has 0 aliphatic heterocycles. The largest absolute Gasteiger partial charge is 0.392 e. The second kappa shape index (κ2) is 4.61. The fourth-order valence-corrected chi connectivity index (χ4v) is 1.22. The lowest BCUT2D eigenvalue weighted by atomic mass is 10.1. The highest BCUT2D eigenvalue weighted by Crippen LogP contribution is 2.23. The van der Waals surface area contributed by atoms with Crippen LogP contribution in [0.4, 0.5) is 13.2 Å². The van der Waals surface area contributed by atoms with E-state index in [9.17, 15) is 13.2 Å². The molecule has 0 amide bonds. The van der Waals surface area contributed by atoms with Gasteiger partial charge in [0.15, 0.2) is 0 Å². The highest BCUT2D eigenvalue weighted by Gasteiger charge is 2.17. The molecule has 14 heavy (non-hydrogen) atoms. The molecular formula is C8H7ClF3NO. The fourth-order valence-electron chi connectivity index (χ4n) is 0.991. The van der Waals surface area contributed by atoms with E-state index >= 15 is 0 Å². The zero-order valence-electron chi connectivity index (χ0n) is 6.98. The van der Waals surface area contributed by atoms with Crippen LogP contribution in [0.5, 0.6) is 0 Å². The molecule has 2 nitrogen and oxygen atoms in total. The summed E-state index contributed by atoms with van der Waals surface area (Å²) in [5.74, 6) is -1.37. The predicted molar refractivity (Wildman–Crippen MR) is 44.6 cm³/mol. The van der Waals surface area contributed by atoms with Gasteiger partial charge in [-0.1, -0.05) is 0 Å². The maximum Gasteiger partial charge on any atom is 0.268 e. The molecule has 1 aromatic heterocycles. The van der Waals surface area contributed by atoms with Crippen LogP contribution in [0, 0.1) is 5.95 Å². The van der Waals surface area contributed by atoms with Crippen molar-refractivity contribution in [1.82, 2.24) is 4.98 Å². The molecule has 0 spiro atoms. The van der Waals surface area contributed by atoms with Crippen LogP contribution in [0.2, 0.25) is 0 Å². The second-order valence-corrected chi connectivity index (χ2v) is 2.83. The molecule has 0 atom stereocenters. The third-order valence-corrected chi connectivity index (χ3v) is 1.96. The molecule has 1 rings (SSSR count). The average Bonchev–Trinajstić information content (AvgIpc) is 2.16. The lowest BCUT2D eigenvalue weighted by Gasteiger charge is -2.07. The van der Waals surface area contributed by atoms with Crippen LogP contribution in [0.15, 0.2) is 6.07 Å². The summed E-state index contributed by atoms with van der Waals surface area (Å²) in [6.45, 7) is -0.491. The number of pyridine rings is 1. The molecule has 78 valence electrons. The van der Waals surface area contributed by atoms with Gasteiger partial charge in [-0.25, -0.2) is 13.8 Å². The van der Waals surface area contributed by atoms with Crippen LogP contribution in [-0.2, 0) is 12.5 Å². The highest BCUT2D eigenvalue weighted by molar-refractivity contribution is 6.17. The van der Waals surface area contributed by atoms with Gasteiger partial charge < -0.3 is 5.11 Å². The number of hydrogen-bond acceptors (Lipinski definition) is 2. The molecular weight excluding hydrogens is 219 g/mol. The zero-order valence-corrected chi connectivity index (χ0v) is 7.73. The van der Waals surface area contributed by atoms with Gasteiger partial charge >= 0.3 is 0 Å². The van der Waals surface area contributed by atoms with Crippen LogP contribution in [0.1, 0.15) is 23.2 Å². The Balaban J connectivity index is 3.23. The zero-order chi connectivity index (χ0) is 10.7. The number of nitrogens with zero attached hydrogens (tertiary/aromatic N) is 1. The van der Waals surface area contributed by atoms with E-state index in [1.165, 1.54) is 0 Å². The molecule has 1 aromatic rings. The Labute approximate surface area is 83.3 Å². The van der Waals surface area contributed by atoms with Gasteiger partial charge in [-0.05, 0) is 6.07 Å². The van der Waals surface area contributed by atoms with Crippen LogP contribution < -0.4 is 0 Å². The molecule has 0 saturated carbocycles. The number of hydrogen-bond donors (Lipinski definition) is 1. The topological polar surface area (TPSA) is 33.1 Å². The van der Waals surface area contributed by atoms with Crippen molar-refractivity contribution < 1.29 is 18.3 Å². The molecule has 0 aliphatic carbocycles. The van der Waals surface area contributed by atoms with Crippen LogP contribution >= 0.6 is 11.6 Å². The normalized spacial score (nSPS) is 11.0. The van der Waals surface area contributed by atoms with E-state index in [4.69, 9.17) is 16.7 Å². The SMILES string of the molecule is OCc1cc(C(F)F)c(F)nc1CCl. The van der Waals surface area contributed by atoms with Crippen LogP contribution in [0.3, 0.4) is 0 Å². The lowest BCUT2D eigenvalue weighted by molar-refractivity contribution is 0.144. The molecule has 0 aliphatic rings. The Kier molecular flexibility index (Phi) is 3.71. The Morgan fingerprint density at radius 3 is 2.57 bits per heavy atom. The average molecular weight is 226 g/mol. The number of alkyl halides is 3. The van der Waals surface area contributed by atoms with Crippen molar-refractivity contribution in [2.45, 2.75) is 18.9 Å². The number of halogens is 4. The minimum atomic E-state index is -2.95. The number of rotatable bonds is 3. The van der Waals surface area contributed by atoms with Gasteiger partial charge in [0, 0.05) is 5.56 Å². The summed E-state index contributed by atoms with van der Waals surface area (Å²) in [6.07, 6.45) is -2.95. The molecule has 0 radical (unpaired) electrons. The van der Waals surface area contributed by atoms with Gasteiger partial charge in [-0.15, -0.1) is 11.6 Å². The summed E-state index contributed by atoms with van der Waals surface area (Å²) in [6, 6.07) is 0.880. The van der Waals surface area contributed by atoms with E-state index in [1.807, 2.05) is 0 Å². The van der Waals surface area contributed by atoms with Crippen molar-refractivity contribution in [3.8, 4) is 0 Å². The summed E-state index contributed by atoms with van der Waals surface area (Å²) < 4.78 is 37.2. The molecule has 1 heterocycles. The van der Waals surface area contributed by atoms with Crippen molar-refractivity contribution in [2.24, 2.45) is 0 Å². The van der Waals surface area contributed by atoms with Gasteiger partial charge in [-0.2, -0.15) is 4.39 Å². The van der Waals surface area contributed by atoms with E-state index in [0.717, 1.165) is 6.07 Å². The van der Waals surface area contributed by atoms with Gasteiger partial charge in [0.05, 0.1) is 23.7 Å². The summed E-state index contributed by atoms with van der Waals surface area (Å²) >= 11 is 5.39. The second-order valence-electron chi connectivity index (χ2n) is 2.57. The van der Waals surface area contributed by atoms with Gasteiger partial charge in [0.25, 0.3) is 6.43 Å². The first kappa shape index (κ1) is 11.3. The summed E-state index contributed by atoms with van der Waals surface area (Å²) in [7, 11) is 0. The Morgan fingerprint density at radius 1 is 1.50 bits per heavy atom. The first-order chi connectivity index (χ1) is 6.60. The smallest absolute Gasteiger partial charge is 0.268 e. The molecule has 0 bridgehead atoms. The fraction of sp³-hybridized carbons (Fsp3) is 0.375. The summed E-state index contributed by atoms with van der Waals surface area (Å²) in [4.78, 5) is 3.25. The Morgan fingerprint density at radius 2 is 2.14 bits per heavy atom. The number of aliphatic hydroxyl groups is 1.